The maximum atomic E-state index is 12.3. The summed E-state index contributed by atoms with van der Waals surface area (Å²) >= 11 is 5.07. The number of hydrogen-bond acceptors (Lipinski definition) is 5. The van der Waals surface area contributed by atoms with E-state index in [1.165, 1.54) is 17.8 Å². The van der Waals surface area contributed by atoms with Gasteiger partial charge in [-0.3, -0.25) is 10.1 Å². The van der Waals surface area contributed by atoms with Crippen LogP contribution in [0.3, 0.4) is 0 Å². The SMILES string of the molecule is Cc1ccc(-c2ccc(C(=O)NC(=S)Nc3ncccc3O)o2)cc1C. The Hall–Kier alpha value is -3.19. The van der Waals surface area contributed by atoms with Crippen LogP contribution in [0, 0.1) is 13.8 Å². The van der Waals surface area contributed by atoms with Gasteiger partial charge >= 0.3 is 0 Å². The van der Waals surface area contributed by atoms with E-state index in [0.29, 0.717) is 5.76 Å². The smallest absolute Gasteiger partial charge is 0.293 e. The molecule has 0 aliphatic rings. The van der Waals surface area contributed by atoms with Gasteiger partial charge in [0.15, 0.2) is 22.4 Å². The molecular formula is C19H17N3O3S. The van der Waals surface area contributed by atoms with Gasteiger partial charge in [-0.15, -0.1) is 0 Å². The lowest BCUT2D eigenvalue weighted by Crippen LogP contribution is -2.34. The lowest BCUT2D eigenvalue weighted by molar-refractivity contribution is 0.0951. The van der Waals surface area contributed by atoms with Gasteiger partial charge in [-0.05, 0) is 67.5 Å². The maximum absolute atomic E-state index is 12.3. The standard InChI is InChI=1S/C19H17N3O3S/c1-11-5-6-13(10-12(11)2)15-7-8-16(25-15)18(24)22-19(26)21-17-14(23)4-3-9-20-17/h3-10,23H,1-2H3,(H2,20,21,22,24,26). The van der Waals surface area contributed by atoms with E-state index in [1.807, 2.05) is 32.0 Å². The number of aromatic nitrogens is 1. The van der Waals surface area contributed by atoms with Crippen molar-refractivity contribution in [3.63, 3.8) is 0 Å². The molecule has 2 heterocycles. The molecule has 3 N–H and O–H groups in total. The molecule has 0 aliphatic heterocycles. The van der Waals surface area contributed by atoms with Crippen LogP contribution in [-0.4, -0.2) is 21.1 Å². The Morgan fingerprint density at radius 2 is 1.96 bits per heavy atom. The van der Waals surface area contributed by atoms with Gasteiger partial charge < -0.3 is 14.8 Å². The van der Waals surface area contributed by atoms with Gasteiger partial charge in [-0.1, -0.05) is 12.1 Å². The summed E-state index contributed by atoms with van der Waals surface area (Å²) < 4.78 is 5.64. The number of furan rings is 1. The van der Waals surface area contributed by atoms with E-state index in [-0.39, 0.29) is 22.4 Å². The molecule has 1 amide bonds. The van der Waals surface area contributed by atoms with Crippen molar-refractivity contribution in [1.82, 2.24) is 10.3 Å². The topological polar surface area (TPSA) is 87.4 Å². The van der Waals surface area contributed by atoms with Crippen LogP contribution in [0.15, 0.2) is 53.1 Å². The van der Waals surface area contributed by atoms with E-state index in [4.69, 9.17) is 16.6 Å². The zero-order valence-corrected chi connectivity index (χ0v) is 15.1. The fourth-order valence-electron chi connectivity index (χ4n) is 2.31. The Bertz CT molecular complexity index is 982. The number of anilines is 1. The van der Waals surface area contributed by atoms with E-state index in [2.05, 4.69) is 15.6 Å². The molecular weight excluding hydrogens is 350 g/mol. The highest BCUT2D eigenvalue weighted by atomic mass is 32.1. The molecule has 0 fully saturated rings. The Kier molecular flexibility index (Phi) is 4.99. The van der Waals surface area contributed by atoms with Gasteiger partial charge in [-0.25, -0.2) is 4.98 Å². The number of pyridine rings is 1. The van der Waals surface area contributed by atoms with Crippen LogP contribution in [0.4, 0.5) is 5.82 Å². The summed E-state index contributed by atoms with van der Waals surface area (Å²) in [5.41, 5.74) is 3.23. The Morgan fingerprint density at radius 1 is 1.15 bits per heavy atom. The van der Waals surface area contributed by atoms with Crippen LogP contribution in [-0.2, 0) is 0 Å². The second kappa shape index (κ2) is 7.37. The predicted molar refractivity (Wildman–Crippen MR) is 103 cm³/mol. The van der Waals surface area contributed by atoms with Gasteiger partial charge in [-0.2, -0.15) is 0 Å². The molecule has 0 atom stereocenters. The molecule has 3 aromatic rings. The van der Waals surface area contributed by atoms with Crippen LogP contribution in [0.5, 0.6) is 5.75 Å². The molecule has 0 radical (unpaired) electrons. The summed E-state index contributed by atoms with van der Waals surface area (Å²) in [5, 5.41) is 14.8. The van der Waals surface area contributed by atoms with Crippen LogP contribution in [0.1, 0.15) is 21.7 Å². The number of rotatable bonds is 3. The average Bonchev–Trinajstić information content (AvgIpc) is 3.09. The highest BCUT2D eigenvalue weighted by Gasteiger charge is 2.15. The Morgan fingerprint density at radius 3 is 2.69 bits per heavy atom. The maximum Gasteiger partial charge on any atom is 0.293 e. The van der Waals surface area contributed by atoms with Crippen molar-refractivity contribution >= 4 is 29.1 Å². The highest BCUT2D eigenvalue weighted by Crippen LogP contribution is 2.24. The van der Waals surface area contributed by atoms with Gasteiger partial charge in [0.05, 0.1) is 0 Å². The van der Waals surface area contributed by atoms with E-state index in [1.54, 1.807) is 18.2 Å². The number of carbonyl (C=O) groups is 1. The van der Waals surface area contributed by atoms with Crippen molar-refractivity contribution in [3.05, 3.63) is 65.5 Å². The molecule has 0 unspecified atom stereocenters. The van der Waals surface area contributed by atoms with Gasteiger partial charge in [0.1, 0.15) is 5.76 Å². The monoisotopic (exact) mass is 367 g/mol. The van der Waals surface area contributed by atoms with Gasteiger partial charge in [0, 0.05) is 11.8 Å². The molecule has 26 heavy (non-hydrogen) atoms. The highest BCUT2D eigenvalue weighted by molar-refractivity contribution is 7.80. The number of aromatic hydroxyl groups is 1. The van der Waals surface area contributed by atoms with Crippen molar-refractivity contribution in [1.29, 1.82) is 0 Å². The third-order valence-electron chi connectivity index (χ3n) is 3.87. The normalized spacial score (nSPS) is 10.4. The third kappa shape index (κ3) is 3.89. The van der Waals surface area contributed by atoms with Crippen molar-refractivity contribution in [3.8, 4) is 17.1 Å². The first-order valence-electron chi connectivity index (χ1n) is 7.88. The molecule has 0 aliphatic carbocycles. The van der Waals surface area contributed by atoms with Gasteiger partial charge in [0.25, 0.3) is 5.91 Å². The first-order chi connectivity index (χ1) is 12.4. The summed E-state index contributed by atoms with van der Waals surface area (Å²) in [4.78, 5) is 16.2. The van der Waals surface area contributed by atoms with Crippen LogP contribution >= 0.6 is 12.2 Å². The van der Waals surface area contributed by atoms with E-state index >= 15 is 0 Å². The molecule has 132 valence electrons. The zero-order valence-electron chi connectivity index (χ0n) is 14.2. The van der Waals surface area contributed by atoms with Crippen molar-refractivity contribution in [2.75, 3.05) is 5.32 Å². The number of nitrogens with zero attached hydrogens (tertiary/aromatic N) is 1. The minimum absolute atomic E-state index is 0.00753. The summed E-state index contributed by atoms with van der Waals surface area (Å²) in [5.74, 6) is 0.326. The minimum Gasteiger partial charge on any atom is -0.504 e. The lowest BCUT2D eigenvalue weighted by Gasteiger charge is -2.08. The quantitative estimate of drug-likeness (QED) is 0.611. The number of thiocarbonyl (C=S) groups is 1. The predicted octanol–water partition coefficient (Wildman–Crippen LogP) is 3.79. The van der Waals surface area contributed by atoms with Crippen LogP contribution in [0.25, 0.3) is 11.3 Å². The molecule has 3 rings (SSSR count). The average molecular weight is 367 g/mol. The molecule has 0 bridgehead atoms. The van der Waals surface area contributed by atoms with E-state index in [9.17, 15) is 9.90 Å². The van der Waals surface area contributed by atoms with Crippen molar-refractivity contribution in [2.45, 2.75) is 13.8 Å². The fourth-order valence-corrected chi connectivity index (χ4v) is 2.50. The largest absolute Gasteiger partial charge is 0.504 e. The van der Waals surface area contributed by atoms with Crippen molar-refractivity contribution in [2.24, 2.45) is 0 Å². The molecule has 6 nitrogen and oxygen atoms in total. The number of nitrogens with one attached hydrogen (secondary N) is 2. The fraction of sp³-hybridized carbons (Fsp3) is 0.105. The van der Waals surface area contributed by atoms with E-state index in [0.717, 1.165) is 11.1 Å². The van der Waals surface area contributed by atoms with Gasteiger partial charge in [0.2, 0.25) is 0 Å². The molecule has 0 saturated carbocycles. The third-order valence-corrected chi connectivity index (χ3v) is 4.07. The number of benzene rings is 1. The first-order valence-corrected chi connectivity index (χ1v) is 8.28. The number of amides is 1. The molecule has 7 heteroatoms. The molecule has 1 aromatic carbocycles. The number of hydrogen-bond donors (Lipinski definition) is 3. The zero-order chi connectivity index (χ0) is 18.7. The summed E-state index contributed by atoms with van der Waals surface area (Å²) in [6.45, 7) is 4.06. The van der Waals surface area contributed by atoms with E-state index < -0.39 is 5.91 Å². The van der Waals surface area contributed by atoms with Crippen LogP contribution < -0.4 is 10.6 Å². The van der Waals surface area contributed by atoms with Crippen LogP contribution in [0.2, 0.25) is 0 Å². The van der Waals surface area contributed by atoms with Crippen molar-refractivity contribution < 1.29 is 14.3 Å². The molecule has 2 aromatic heterocycles. The number of aryl methyl sites for hydroxylation is 2. The second-order valence-electron chi connectivity index (χ2n) is 5.74. The summed E-state index contributed by atoms with van der Waals surface area (Å²) in [6, 6.07) is 12.3. The molecule has 0 saturated heterocycles. The second-order valence-corrected chi connectivity index (χ2v) is 6.15. The Labute approximate surface area is 155 Å². The first kappa shape index (κ1) is 17.6. The lowest BCUT2D eigenvalue weighted by atomic mass is 10.1. The molecule has 0 spiro atoms. The summed E-state index contributed by atoms with van der Waals surface area (Å²) in [7, 11) is 0. The number of carbonyl (C=O) groups excluding carboxylic acids is 1. The summed E-state index contributed by atoms with van der Waals surface area (Å²) in [6.07, 6.45) is 1.49. The Balaban J connectivity index is 1.69. The minimum atomic E-state index is -0.493.